The van der Waals surface area contributed by atoms with E-state index in [0.29, 0.717) is 35.9 Å². The third-order valence-corrected chi connectivity index (χ3v) is 7.33. The average Bonchev–Trinajstić information content (AvgIpc) is 3.36. The second kappa shape index (κ2) is 14.7. The molecule has 0 spiro atoms. The Morgan fingerprint density at radius 3 is 2.79 bits per heavy atom. The molecule has 0 bridgehead atoms. The topological polar surface area (TPSA) is 137 Å². The summed E-state index contributed by atoms with van der Waals surface area (Å²) in [4.78, 5) is 28.9. The predicted octanol–water partition coefficient (Wildman–Crippen LogP) is 4.71. The van der Waals surface area contributed by atoms with Gasteiger partial charge in [0.05, 0.1) is 16.4 Å². The van der Waals surface area contributed by atoms with Gasteiger partial charge in [-0.1, -0.05) is 52.3 Å². The van der Waals surface area contributed by atoms with E-state index in [-0.39, 0.29) is 31.6 Å². The summed E-state index contributed by atoms with van der Waals surface area (Å²) in [6.45, 7) is 8.28. The molecule has 1 aromatic heterocycles. The van der Waals surface area contributed by atoms with Crippen LogP contribution in [0.15, 0.2) is 59.1 Å². The molecule has 5 N–H and O–H groups in total. The first-order valence-corrected chi connectivity index (χ1v) is 15.0. The number of carbonyl (C=O) groups excluding carboxylic acids is 2. The van der Waals surface area contributed by atoms with Crippen molar-refractivity contribution < 1.29 is 24.2 Å². The molecule has 2 heterocycles. The van der Waals surface area contributed by atoms with Gasteiger partial charge in [0.15, 0.2) is 6.61 Å². The predicted molar refractivity (Wildman–Crippen MR) is 173 cm³/mol. The van der Waals surface area contributed by atoms with Crippen LogP contribution in [0.1, 0.15) is 43.5 Å². The van der Waals surface area contributed by atoms with Gasteiger partial charge in [-0.05, 0) is 54.7 Å². The smallest absolute Gasteiger partial charge is 0.258 e. The van der Waals surface area contributed by atoms with Crippen molar-refractivity contribution in [3.63, 3.8) is 0 Å². The molecule has 12 heteroatoms. The number of β-amino-alcohol motifs (C(OH)–C–C–N with tert-alkyl or cyclic N) is 1. The summed E-state index contributed by atoms with van der Waals surface area (Å²) in [5.41, 5.74) is 6.10. The van der Waals surface area contributed by atoms with Crippen molar-refractivity contribution in [1.29, 1.82) is 0 Å². The minimum atomic E-state index is -0.809. The molecule has 2 amide bonds. The van der Waals surface area contributed by atoms with Crippen LogP contribution in [-0.4, -0.2) is 65.6 Å². The maximum absolute atomic E-state index is 12.5. The minimum absolute atomic E-state index is 0.0423. The number of hydrogen-bond acceptors (Lipinski definition) is 7. The highest BCUT2D eigenvalue weighted by Gasteiger charge is 2.21. The van der Waals surface area contributed by atoms with Crippen LogP contribution in [0.25, 0.3) is 22.7 Å². The van der Waals surface area contributed by atoms with E-state index < -0.39 is 11.6 Å². The number of benzene rings is 2. The number of rotatable bonds is 14. The van der Waals surface area contributed by atoms with Gasteiger partial charge in [-0.3, -0.25) is 9.59 Å². The first-order valence-electron chi connectivity index (χ1n) is 13.7. The van der Waals surface area contributed by atoms with Crippen LogP contribution in [0.3, 0.4) is 0 Å². The maximum atomic E-state index is 12.5. The molecule has 0 radical (unpaired) electrons. The Bertz CT molecular complexity index is 1550. The van der Waals surface area contributed by atoms with Gasteiger partial charge in [-0.2, -0.15) is 5.10 Å². The van der Waals surface area contributed by atoms with Crippen LogP contribution in [0.5, 0.6) is 5.75 Å². The lowest BCUT2D eigenvalue weighted by molar-refractivity contribution is -0.123. The molecule has 0 fully saturated rings. The third kappa shape index (κ3) is 8.93. The van der Waals surface area contributed by atoms with Crippen molar-refractivity contribution in [2.45, 2.75) is 38.3 Å². The highest BCUT2D eigenvalue weighted by atomic mass is 79.9. The number of hydrazone groups is 1. The van der Waals surface area contributed by atoms with Gasteiger partial charge in [-0.15, -0.1) is 0 Å². The van der Waals surface area contributed by atoms with Gasteiger partial charge in [-0.25, -0.2) is 5.43 Å². The molecule has 3 aromatic rings. The Morgan fingerprint density at radius 2 is 2.07 bits per heavy atom. The van der Waals surface area contributed by atoms with Crippen LogP contribution in [0, 0.1) is 0 Å². The third-order valence-electron chi connectivity index (χ3n) is 6.77. The Kier molecular flexibility index (Phi) is 11.0. The largest absolute Gasteiger partial charge is 0.491 e. The molecule has 0 saturated carbocycles. The summed E-state index contributed by atoms with van der Waals surface area (Å²) in [6.07, 6.45) is 1.96. The van der Waals surface area contributed by atoms with E-state index in [0.717, 1.165) is 33.4 Å². The van der Waals surface area contributed by atoms with Crippen molar-refractivity contribution in [3.05, 3.63) is 75.9 Å². The summed E-state index contributed by atoms with van der Waals surface area (Å²) >= 11 is 9.66. The Balaban J connectivity index is 1.19. The zero-order valence-electron chi connectivity index (χ0n) is 24.0. The zero-order chi connectivity index (χ0) is 31.0. The standard InChI is InChI=1S/C31H35BrClN5O5/c1-19(30-22-6-4-5-7-25(22)36-26(30)12-13-32)42-16-21(39)15-35-31(2,3)18-34-29(41)17-43-27-10-8-20(14-23(27)33)24-9-11-28(40)38-37-24/h4-8,10,12-14,21,35-36,39H,1,9,11,15-18H2,2-3H3,(H,34,41)(H,38,40)/b13-12-. The Labute approximate surface area is 263 Å². The fourth-order valence-corrected chi connectivity index (χ4v) is 4.93. The van der Waals surface area contributed by atoms with Gasteiger partial charge >= 0.3 is 0 Å². The lowest BCUT2D eigenvalue weighted by atomic mass is 10.0. The molecule has 0 saturated heterocycles. The lowest BCUT2D eigenvalue weighted by Crippen LogP contribution is -2.52. The van der Waals surface area contributed by atoms with Gasteiger partial charge in [0.1, 0.15) is 24.2 Å². The van der Waals surface area contributed by atoms with E-state index in [1.54, 1.807) is 23.2 Å². The molecule has 43 heavy (non-hydrogen) atoms. The molecule has 1 aliphatic rings. The highest BCUT2D eigenvalue weighted by Crippen LogP contribution is 2.30. The number of aromatic amines is 1. The second-order valence-electron chi connectivity index (χ2n) is 10.7. The first-order chi connectivity index (χ1) is 20.6. The van der Waals surface area contributed by atoms with Crippen LogP contribution >= 0.6 is 27.5 Å². The van der Waals surface area contributed by atoms with E-state index in [1.807, 2.05) is 44.2 Å². The number of aromatic nitrogens is 1. The van der Waals surface area contributed by atoms with E-state index in [4.69, 9.17) is 21.1 Å². The number of hydrogen-bond donors (Lipinski definition) is 5. The summed E-state index contributed by atoms with van der Waals surface area (Å²) in [5.74, 6) is 0.382. The molecule has 0 aliphatic carbocycles. The van der Waals surface area contributed by atoms with Gasteiger partial charge in [0.25, 0.3) is 5.91 Å². The monoisotopic (exact) mass is 671 g/mol. The van der Waals surface area contributed by atoms with Gasteiger partial charge < -0.3 is 30.2 Å². The minimum Gasteiger partial charge on any atom is -0.491 e. The van der Waals surface area contributed by atoms with E-state index in [1.165, 1.54) is 0 Å². The summed E-state index contributed by atoms with van der Waals surface area (Å²) in [5, 5.41) is 22.0. The molecular weight excluding hydrogens is 638 g/mol. The SMILES string of the molecule is C=C(OCC(O)CNC(C)(C)CNC(=O)COc1ccc(C2=NNC(=O)CC2)cc1Cl)c1c(/C=C\Br)[nH]c2ccccc12. The molecule has 4 rings (SSSR count). The highest BCUT2D eigenvalue weighted by molar-refractivity contribution is 9.11. The molecule has 1 atom stereocenters. The van der Waals surface area contributed by atoms with E-state index in [9.17, 15) is 14.7 Å². The number of ether oxygens (including phenoxy) is 2. The quantitative estimate of drug-likeness (QED) is 0.157. The zero-order valence-corrected chi connectivity index (χ0v) is 26.3. The van der Waals surface area contributed by atoms with Crippen LogP contribution < -0.4 is 20.8 Å². The van der Waals surface area contributed by atoms with Crippen molar-refractivity contribution in [1.82, 2.24) is 21.0 Å². The van der Waals surface area contributed by atoms with E-state index in [2.05, 4.69) is 48.7 Å². The van der Waals surface area contributed by atoms with Gasteiger partial charge in [0.2, 0.25) is 5.91 Å². The number of aliphatic hydroxyl groups excluding tert-OH is 1. The number of halogens is 2. The number of H-pyrrole nitrogens is 1. The molecule has 10 nitrogen and oxygen atoms in total. The number of amides is 2. The van der Waals surface area contributed by atoms with Crippen molar-refractivity contribution >= 4 is 67.8 Å². The number of para-hydroxylation sites is 1. The Hall–Kier alpha value is -3.64. The molecule has 228 valence electrons. The van der Waals surface area contributed by atoms with Gasteiger partial charge in [0, 0.05) is 47.9 Å². The number of nitrogens with zero attached hydrogens (tertiary/aromatic N) is 1. The summed E-state index contributed by atoms with van der Waals surface area (Å²) in [7, 11) is 0. The number of aliphatic hydroxyl groups is 1. The number of carbonyl (C=O) groups is 2. The summed E-state index contributed by atoms with van der Waals surface area (Å²) < 4.78 is 11.5. The van der Waals surface area contributed by atoms with Crippen LogP contribution in [-0.2, 0) is 14.3 Å². The molecule has 1 unspecified atom stereocenters. The molecular formula is C31H35BrClN5O5. The van der Waals surface area contributed by atoms with Crippen molar-refractivity contribution in [2.24, 2.45) is 5.10 Å². The average molecular weight is 673 g/mol. The lowest BCUT2D eigenvalue weighted by Gasteiger charge is -2.28. The van der Waals surface area contributed by atoms with Crippen molar-refractivity contribution in [3.8, 4) is 5.75 Å². The Morgan fingerprint density at radius 1 is 1.28 bits per heavy atom. The first kappa shape index (κ1) is 32.3. The number of nitrogens with one attached hydrogen (secondary N) is 4. The van der Waals surface area contributed by atoms with E-state index >= 15 is 0 Å². The van der Waals surface area contributed by atoms with Crippen molar-refractivity contribution in [2.75, 3.05) is 26.3 Å². The molecule has 1 aliphatic heterocycles. The van der Waals surface area contributed by atoms with Crippen LogP contribution in [0.4, 0.5) is 0 Å². The van der Waals surface area contributed by atoms with Crippen LogP contribution in [0.2, 0.25) is 5.02 Å². The fraction of sp³-hybridized carbons (Fsp3) is 0.323. The maximum Gasteiger partial charge on any atom is 0.258 e. The molecule has 2 aromatic carbocycles. The fourth-order valence-electron chi connectivity index (χ4n) is 4.43. The second-order valence-corrected chi connectivity index (χ2v) is 11.6. The summed E-state index contributed by atoms with van der Waals surface area (Å²) in [6, 6.07) is 13.0. The number of fused-ring (bicyclic) bond motifs is 1. The normalized spacial score (nSPS) is 14.3.